The molecule has 0 heterocycles. The normalized spacial score (nSPS) is 13.1. The summed E-state index contributed by atoms with van der Waals surface area (Å²) in [5.74, 6) is 0.199. The van der Waals surface area contributed by atoms with Gasteiger partial charge in [-0.1, -0.05) is 13.8 Å². The molecule has 0 aliphatic carbocycles. The van der Waals surface area contributed by atoms with Crippen molar-refractivity contribution in [2.24, 2.45) is 5.92 Å². The Morgan fingerprint density at radius 2 is 1.75 bits per heavy atom. The van der Waals surface area contributed by atoms with Crippen molar-refractivity contribution in [3.05, 3.63) is 0 Å². The molecule has 0 fully saturated rings. The van der Waals surface area contributed by atoms with Gasteiger partial charge in [0.15, 0.2) is 6.29 Å². The van der Waals surface area contributed by atoms with Crippen molar-refractivity contribution in [3.63, 3.8) is 0 Å². The third-order valence-electron chi connectivity index (χ3n) is 0.812. The van der Waals surface area contributed by atoms with E-state index in [0.717, 1.165) is 0 Å². The minimum atomic E-state index is -0.597. The van der Waals surface area contributed by atoms with Gasteiger partial charge in [-0.2, -0.15) is 0 Å². The van der Waals surface area contributed by atoms with Crippen molar-refractivity contribution in [1.82, 2.24) is 0 Å². The van der Waals surface area contributed by atoms with Gasteiger partial charge in [-0.05, 0) is 0 Å². The second kappa shape index (κ2) is 6.15. The Labute approximate surface area is 75.5 Å². The fourth-order valence-electron chi connectivity index (χ4n) is 0.272. The minimum absolute atomic E-state index is 0. The van der Waals surface area contributed by atoms with Crippen molar-refractivity contribution in [2.75, 3.05) is 7.11 Å². The predicted octanol–water partition coefficient (Wildman–Crippen LogP) is 0.605. The molecule has 0 rings (SSSR count). The molecule has 0 spiro atoms. The van der Waals surface area contributed by atoms with Crippen LogP contribution in [0.5, 0.6) is 0 Å². The average molecular weight is 193 g/mol. The zero-order valence-corrected chi connectivity index (χ0v) is 8.43. The van der Waals surface area contributed by atoms with Crippen molar-refractivity contribution in [3.8, 4) is 0 Å². The number of rotatable bonds is 2. The van der Waals surface area contributed by atoms with Crippen molar-refractivity contribution < 1.29 is 42.6 Å². The van der Waals surface area contributed by atoms with Crippen LogP contribution in [-0.2, 0) is 37.4 Å². The number of hydrogen-bond donors (Lipinski definition) is 1. The van der Waals surface area contributed by atoms with Crippen LogP contribution in [0.3, 0.4) is 0 Å². The summed E-state index contributed by atoms with van der Waals surface area (Å²) in [6.45, 7) is 3.79. The van der Waals surface area contributed by atoms with Crippen LogP contribution >= 0.6 is 0 Å². The van der Waals surface area contributed by atoms with Crippen LogP contribution in [0.15, 0.2) is 0 Å². The molecule has 1 unspecified atom stereocenters. The Kier molecular flexibility index (Phi) is 9.05. The molecule has 1 N–H and O–H groups in total. The van der Waals surface area contributed by atoms with E-state index in [4.69, 9.17) is 5.11 Å². The van der Waals surface area contributed by atoms with Gasteiger partial charge in [-0.3, -0.25) is 0 Å². The average Bonchev–Trinajstić information content (AvgIpc) is 1.65. The van der Waals surface area contributed by atoms with Gasteiger partial charge in [0.2, 0.25) is 0 Å². The Morgan fingerprint density at radius 1 is 1.38 bits per heavy atom. The molecule has 0 aliphatic heterocycles. The number of aliphatic hydroxyl groups is 1. The summed E-state index contributed by atoms with van der Waals surface area (Å²) in [7, 11) is 1.49. The third kappa shape index (κ3) is 5.17. The van der Waals surface area contributed by atoms with Crippen molar-refractivity contribution >= 4 is 0 Å². The molecule has 3 heteroatoms. The first-order valence-electron chi connectivity index (χ1n) is 2.39. The van der Waals surface area contributed by atoms with Crippen LogP contribution in [-0.4, -0.2) is 18.5 Å². The molecule has 1 radical (unpaired) electrons. The summed E-state index contributed by atoms with van der Waals surface area (Å²) in [5, 5.41) is 8.71. The molecule has 0 aromatic heterocycles. The minimum Gasteiger partial charge on any atom is -0.368 e. The predicted molar refractivity (Wildman–Crippen MR) is 27.9 cm³/mol. The number of hydrogen-bond acceptors (Lipinski definition) is 2. The van der Waals surface area contributed by atoms with Crippen LogP contribution in [0.25, 0.3) is 0 Å². The smallest absolute Gasteiger partial charge is 0.156 e. The molecule has 0 saturated carbocycles. The SMILES string of the molecule is COC(O)C(C)C.[Y]. The largest absolute Gasteiger partial charge is 0.368 e. The first-order chi connectivity index (χ1) is 3.18. The quantitative estimate of drug-likeness (QED) is 0.651. The first kappa shape index (κ1) is 11.8. The second-order valence-electron chi connectivity index (χ2n) is 1.87. The molecule has 0 bridgehead atoms. The Hall–Kier alpha value is 1.02. The van der Waals surface area contributed by atoms with E-state index in [0.29, 0.717) is 0 Å². The number of methoxy groups -OCH3 is 1. The summed E-state index contributed by atoms with van der Waals surface area (Å²) in [5.41, 5.74) is 0. The van der Waals surface area contributed by atoms with Crippen LogP contribution < -0.4 is 0 Å². The molecule has 0 saturated heterocycles. The molecule has 0 amide bonds. The number of aliphatic hydroxyl groups excluding tert-OH is 1. The van der Waals surface area contributed by atoms with E-state index < -0.39 is 6.29 Å². The summed E-state index contributed by atoms with van der Waals surface area (Å²) < 4.78 is 4.57. The molecule has 0 aromatic rings. The summed E-state index contributed by atoms with van der Waals surface area (Å²) in [6, 6.07) is 0. The standard InChI is InChI=1S/C5H12O2.Y/c1-4(2)5(6)7-3;/h4-6H,1-3H3;. The molecule has 1 atom stereocenters. The topological polar surface area (TPSA) is 29.5 Å². The van der Waals surface area contributed by atoms with Gasteiger partial charge < -0.3 is 9.84 Å². The maximum Gasteiger partial charge on any atom is 0.156 e. The van der Waals surface area contributed by atoms with Gasteiger partial charge in [0.1, 0.15) is 0 Å². The Balaban J connectivity index is 0. The third-order valence-corrected chi connectivity index (χ3v) is 0.812. The van der Waals surface area contributed by atoms with Crippen molar-refractivity contribution in [2.45, 2.75) is 20.1 Å². The molecule has 8 heavy (non-hydrogen) atoms. The molecule has 2 nitrogen and oxygen atoms in total. The van der Waals surface area contributed by atoms with E-state index in [1.807, 2.05) is 13.8 Å². The molecule has 47 valence electrons. The van der Waals surface area contributed by atoms with E-state index in [1.54, 1.807) is 0 Å². The van der Waals surface area contributed by atoms with E-state index in [1.165, 1.54) is 7.11 Å². The maximum atomic E-state index is 8.71. The Morgan fingerprint density at radius 3 is 1.75 bits per heavy atom. The van der Waals surface area contributed by atoms with Gasteiger partial charge in [0, 0.05) is 45.7 Å². The van der Waals surface area contributed by atoms with Crippen LogP contribution in [0, 0.1) is 5.92 Å². The molecular formula is C5H12O2Y. The summed E-state index contributed by atoms with van der Waals surface area (Å²) in [4.78, 5) is 0. The van der Waals surface area contributed by atoms with E-state index >= 15 is 0 Å². The molecule has 0 aliphatic rings. The van der Waals surface area contributed by atoms with Crippen molar-refractivity contribution in [1.29, 1.82) is 0 Å². The monoisotopic (exact) mass is 193 g/mol. The van der Waals surface area contributed by atoms with E-state index in [2.05, 4.69) is 4.74 Å². The van der Waals surface area contributed by atoms with Crippen LogP contribution in [0.1, 0.15) is 13.8 Å². The summed E-state index contributed by atoms with van der Waals surface area (Å²) in [6.07, 6.45) is -0.597. The maximum absolute atomic E-state index is 8.71. The van der Waals surface area contributed by atoms with Gasteiger partial charge in [-0.25, -0.2) is 0 Å². The van der Waals surface area contributed by atoms with Gasteiger partial charge >= 0.3 is 0 Å². The summed E-state index contributed by atoms with van der Waals surface area (Å²) >= 11 is 0. The zero-order chi connectivity index (χ0) is 5.86. The second-order valence-corrected chi connectivity index (χ2v) is 1.87. The Bertz CT molecular complexity index is 47.7. The fraction of sp³-hybridized carbons (Fsp3) is 1.00. The van der Waals surface area contributed by atoms with E-state index in [-0.39, 0.29) is 38.6 Å². The zero-order valence-electron chi connectivity index (χ0n) is 5.59. The van der Waals surface area contributed by atoms with Crippen LogP contribution in [0.4, 0.5) is 0 Å². The molecular weight excluding hydrogens is 181 g/mol. The number of ether oxygens (including phenoxy) is 1. The van der Waals surface area contributed by atoms with Gasteiger partial charge in [0.25, 0.3) is 0 Å². The van der Waals surface area contributed by atoms with Crippen LogP contribution in [0.2, 0.25) is 0 Å². The van der Waals surface area contributed by atoms with E-state index in [9.17, 15) is 0 Å². The van der Waals surface area contributed by atoms with Gasteiger partial charge in [-0.15, -0.1) is 0 Å². The molecule has 0 aromatic carbocycles. The van der Waals surface area contributed by atoms with Gasteiger partial charge in [0.05, 0.1) is 0 Å². The first-order valence-corrected chi connectivity index (χ1v) is 2.39. The fourth-order valence-corrected chi connectivity index (χ4v) is 0.272.